The Morgan fingerprint density at radius 1 is 0.897 bits per heavy atom. The van der Waals surface area contributed by atoms with Crippen LogP contribution in [0.25, 0.3) is 0 Å². The van der Waals surface area contributed by atoms with Gasteiger partial charge in [0.25, 0.3) is 0 Å². The summed E-state index contributed by atoms with van der Waals surface area (Å²) in [5.41, 5.74) is 5.11. The second-order valence-electron chi connectivity index (χ2n) is 9.18. The molecule has 0 atom stereocenters. The van der Waals surface area contributed by atoms with E-state index in [0.717, 1.165) is 38.2 Å². The van der Waals surface area contributed by atoms with Gasteiger partial charge in [-0.1, -0.05) is 57.2 Å². The molecule has 156 valence electrons. The van der Waals surface area contributed by atoms with E-state index < -0.39 is 0 Å². The van der Waals surface area contributed by atoms with Crippen LogP contribution in [0, 0.1) is 0 Å². The molecular formula is C25H35N3O. The number of hydrogen-bond acceptors (Lipinski definition) is 3. The van der Waals surface area contributed by atoms with Crippen LogP contribution < -0.4 is 10.2 Å². The van der Waals surface area contributed by atoms with Gasteiger partial charge in [0, 0.05) is 44.8 Å². The van der Waals surface area contributed by atoms with Gasteiger partial charge in [-0.15, -0.1) is 0 Å². The van der Waals surface area contributed by atoms with Gasteiger partial charge in [-0.05, 0) is 47.7 Å². The van der Waals surface area contributed by atoms with Gasteiger partial charge in [-0.25, -0.2) is 0 Å². The number of piperazine rings is 1. The van der Waals surface area contributed by atoms with Crippen LogP contribution in [0.15, 0.2) is 48.5 Å². The van der Waals surface area contributed by atoms with Crippen molar-refractivity contribution in [3.05, 3.63) is 65.2 Å². The van der Waals surface area contributed by atoms with Gasteiger partial charge in [0.2, 0.25) is 5.91 Å². The minimum atomic E-state index is 0.105. The molecule has 0 aromatic heterocycles. The van der Waals surface area contributed by atoms with Gasteiger partial charge in [-0.2, -0.15) is 0 Å². The van der Waals surface area contributed by atoms with E-state index in [1.165, 1.54) is 16.8 Å². The lowest BCUT2D eigenvalue weighted by atomic mass is 9.86. The highest BCUT2D eigenvalue weighted by atomic mass is 16.1. The average molecular weight is 394 g/mol. The van der Waals surface area contributed by atoms with E-state index in [9.17, 15) is 4.79 Å². The van der Waals surface area contributed by atoms with Crippen LogP contribution in [0.4, 0.5) is 5.69 Å². The fraction of sp³-hybridized carbons (Fsp3) is 0.480. The van der Waals surface area contributed by atoms with E-state index in [1.54, 1.807) is 0 Å². The molecule has 1 saturated heterocycles. The molecule has 1 fully saturated rings. The molecular weight excluding hydrogens is 358 g/mol. The summed E-state index contributed by atoms with van der Waals surface area (Å²) in [6.45, 7) is 11.6. The topological polar surface area (TPSA) is 35.6 Å². The largest absolute Gasteiger partial charge is 0.369 e. The molecule has 0 radical (unpaired) electrons. The van der Waals surface area contributed by atoms with Crippen LogP contribution in [0.5, 0.6) is 0 Å². The summed E-state index contributed by atoms with van der Waals surface area (Å²) in [7, 11) is 2.17. The first-order valence-corrected chi connectivity index (χ1v) is 10.7. The summed E-state index contributed by atoms with van der Waals surface area (Å²) in [6.07, 6.45) is 1.30. The molecule has 1 amide bonds. The smallest absolute Gasteiger partial charge is 0.220 e. The van der Waals surface area contributed by atoms with Gasteiger partial charge in [0.05, 0.1) is 0 Å². The van der Waals surface area contributed by atoms with Gasteiger partial charge in [-0.3, -0.25) is 4.79 Å². The maximum atomic E-state index is 12.2. The summed E-state index contributed by atoms with van der Waals surface area (Å²) >= 11 is 0. The lowest BCUT2D eigenvalue weighted by molar-refractivity contribution is -0.121. The number of nitrogens with one attached hydrogen (secondary N) is 1. The summed E-state index contributed by atoms with van der Waals surface area (Å²) < 4.78 is 0. The fourth-order valence-corrected chi connectivity index (χ4v) is 3.61. The van der Waals surface area contributed by atoms with Crippen LogP contribution >= 0.6 is 0 Å². The zero-order valence-electron chi connectivity index (χ0n) is 18.4. The Hall–Kier alpha value is -2.33. The molecule has 1 heterocycles. The van der Waals surface area contributed by atoms with Crippen LogP contribution in [0.1, 0.15) is 43.9 Å². The number of rotatable bonds is 6. The van der Waals surface area contributed by atoms with Crippen molar-refractivity contribution in [2.45, 2.75) is 45.6 Å². The second-order valence-corrected chi connectivity index (χ2v) is 9.18. The minimum absolute atomic E-state index is 0.105. The molecule has 4 heteroatoms. The molecule has 29 heavy (non-hydrogen) atoms. The molecule has 1 aliphatic rings. The SMILES string of the molecule is CN1CCN(c2ccc(CNC(=O)CCc3ccc(C(C)(C)C)cc3)cc2)CC1. The van der Waals surface area contributed by atoms with Crippen molar-refractivity contribution < 1.29 is 4.79 Å². The molecule has 0 saturated carbocycles. The molecule has 2 aromatic rings. The number of amides is 1. The first kappa shape index (κ1) is 21.4. The van der Waals surface area contributed by atoms with Gasteiger partial charge in [0.15, 0.2) is 0 Å². The van der Waals surface area contributed by atoms with E-state index >= 15 is 0 Å². The van der Waals surface area contributed by atoms with Gasteiger partial charge >= 0.3 is 0 Å². The molecule has 0 spiro atoms. The normalized spacial score (nSPS) is 15.4. The van der Waals surface area contributed by atoms with Crippen molar-refractivity contribution in [1.29, 1.82) is 0 Å². The maximum Gasteiger partial charge on any atom is 0.220 e. The Balaban J connectivity index is 1.42. The molecule has 2 aromatic carbocycles. The van der Waals surface area contributed by atoms with Gasteiger partial charge in [0.1, 0.15) is 0 Å². The number of nitrogens with zero attached hydrogens (tertiary/aromatic N) is 2. The van der Waals surface area contributed by atoms with Crippen molar-refractivity contribution in [1.82, 2.24) is 10.2 Å². The van der Waals surface area contributed by atoms with E-state index in [4.69, 9.17) is 0 Å². The van der Waals surface area contributed by atoms with Crippen LogP contribution in [-0.4, -0.2) is 44.0 Å². The third kappa shape index (κ3) is 6.33. The number of carbonyl (C=O) groups excluding carboxylic acids is 1. The summed E-state index contributed by atoms with van der Waals surface area (Å²) in [5, 5.41) is 3.05. The first-order chi connectivity index (χ1) is 13.8. The quantitative estimate of drug-likeness (QED) is 0.806. The highest BCUT2D eigenvalue weighted by Crippen LogP contribution is 2.22. The Morgan fingerprint density at radius 3 is 2.07 bits per heavy atom. The number of benzene rings is 2. The molecule has 0 bridgehead atoms. The predicted molar refractivity (Wildman–Crippen MR) is 121 cm³/mol. The lowest BCUT2D eigenvalue weighted by Gasteiger charge is -2.34. The number of aryl methyl sites for hydroxylation is 1. The zero-order chi connectivity index (χ0) is 20.9. The maximum absolute atomic E-state index is 12.2. The number of anilines is 1. The Kier molecular flexibility index (Phi) is 6.96. The summed E-state index contributed by atoms with van der Waals surface area (Å²) in [6, 6.07) is 17.2. The van der Waals surface area contributed by atoms with Crippen molar-refractivity contribution in [2.75, 3.05) is 38.1 Å². The Labute approximate surface area is 175 Å². The number of carbonyl (C=O) groups is 1. The van der Waals surface area contributed by atoms with Crippen molar-refractivity contribution in [3.8, 4) is 0 Å². The van der Waals surface area contributed by atoms with E-state index in [2.05, 4.69) is 91.5 Å². The van der Waals surface area contributed by atoms with Crippen molar-refractivity contribution in [2.24, 2.45) is 0 Å². The van der Waals surface area contributed by atoms with E-state index in [1.807, 2.05) is 0 Å². The third-order valence-corrected chi connectivity index (χ3v) is 5.76. The Morgan fingerprint density at radius 2 is 1.48 bits per heavy atom. The molecule has 0 unspecified atom stereocenters. The second kappa shape index (κ2) is 9.45. The molecule has 1 N–H and O–H groups in total. The molecule has 3 rings (SSSR count). The lowest BCUT2D eigenvalue weighted by Crippen LogP contribution is -2.44. The van der Waals surface area contributed by atoms with Crippen LogP contribution in [0.2, 0.25) is 0 Å². The van der Waals surface area contributed by atoms with Crippen molar-refractivity contribution >= 4 is 11.6 Å². The fourth-order valence-electron chi connectivity index (χ4n) is 3.61. The third-order valence-electron chi connectivity index (χ3n) is 5.76. The molecule has 0 aliphatic carbocycles. The molecule has 1 aliphatic heterocycles. The van der Waals surface area contributed by atoms with Gasteiger partial charge < -0.3 is 15.1 Å². The average Bonchev–Trinajstić information content (AvgIpc) is 2.71. The van der Waals surface area contributed by atoms with E-state index in [0.29, 0.717) is 13.0 Å². The number of likely N-dealkylation sites (N-methyl/N-ethyl adjacent to an activating group) is 1. The predicted octanol–water partition coefficient (Wildman–Crippen LogP) is 3.98. The highest BCUT2D eigenvalue weighted by Gasteiger charge is 2.14. The number of hydrogen-bond donors (Lipinski definition) is 1. The summed E-state index contributed by atoms with van der Waals surface area (Å²) in [4.78, 5) is 17.0. The summed E-state index contributed by atoms with van der Waals surface area (Å²) in [5.74, 6) is 0.105. The standard InChI is InChI=1S/C25H35N3O/c1-25(2,3)22-10-5-20(6-11-22)9-14-24(29)26-19-21-7-12-23(13-8-21)28-17-15-27(4)16-18-28/h5-8,10-13H,9,14-19H2,1-4H3,(H,26,29). The highest BCUT2D eigenvalue weighted by molar-refractivity contribution is 5.76. The Bertz CT molecular complexity index is 782. The molecule has 4 nitrogen and oxygen atoms in total. The van der Waals surface area contributed by atoms with Crippen molar-refractivity contribution in [3.63, 3.8) is 0 Å². The minimum Gasteiger partial charge on any atom is -0.369 e. The monoisotopic (exact) mass is 393 g/mol. The van der Waals surface area contributed by atoms with E-state index in [-0.39, 0.29) is 11.3 Å². The first-order valence-electron chi connectivity index (χ1n) is 10.7. The van der Waals surface area contributed by atoms with Crippen LogP contribution in [0.3, 0.4) is 0 Å². The zero-order valence-corrected chi connectivity index (χ0v) is 18.4. The van der Waals surface area contributed by atoms with Crippen LogP contribution in [-0.2, 0) is 23.2 Å².